The molecule has 0 aromatic carbocycles. The molecule has 1 aromatic heterocycles. The normalized spacial score (nSPS) is 19.4. The Balaban J connectivity index is 2.17. The highest BCUT2D eigenvalue weighted by molar-refractivity contribution is 5.88. The van der Waals surface area contributed by atoms with Crippen LogP contribution in [0.1, 0.15) is 29.8 Å². The van der Waals surface area contributed by atoms with E-state index in [-0.39, 0.29) is 11.8 Å². The Morgan fingerprint density at radius 3 is 3.12 bits per heavy atom. The summed E-state index contributed by atoms with van der Waals surface area (Å²) in [6.07, 6.45) is 8.52. The summed E-state index contributed by atoms with van der Waals surface area (Å²) < 4.78 is 5.62. The largest absolute Gasteiger partial charge is 0.484 e. The van der Waals surface area contributed by atoms with Gasteiger partial charge < -0.3 is 9.84 Å². The van der Waals surface area contributed by atoms with Gasteiger partial charge in [-0.1, -0.05) is 6.08 Å². The van der Waals surface area contributed by atoms with Crippen LogP contribution >= 0.6 is 0 Å². The Bertz CT molecular complexity index is 414. The number of aromatic carboxylic acids is 1. The van der Waals surface area contributed by atoms with Gasteiger partial charge in [0.1, 0.15) is 6.10 Å². The van der Waals surface area contributed by atoms with Crippen molar-refractivity contribution < 1.29 is 14.6 Å². The van der Waals surface area contributed by atoms with Crippen LogP contribution in [0.2, 0.25) is 0 Å². The van der Waals surface area contributed by atoms with Gasteiger partial charge in [0.25, 0.3) is 0 Å². The summed E-state index contributed by atoms with van der Waals surface area (Å²) in [5.74, 6) is -0.720. The van der Waals surface area contributed by atoms with Crippen LogP contribution in [0.4, 0.5) is 0 Å². The smallest absolute Gasteiger partial charge is 0.358 e. The van der Waals surface area contributed by atoms with E-state index >= 15 is 0 Å². The third-order valence-corrected chi connectivity index (χ3v) is 2.46. The lowest BCUT2D eigenvalue weighted by Crippen LogP contribution is -2.17. The topological polar surface area (TPSA) is 59.4 Å². The molecule has 1 unspecified atom stereocenters. The number of aromatic nitrogens is 1. The van der Waals surface area contributed by atoms with Crippen LogP contribution in [0.3, 0.4) is 0 Å². The number of pyridine rings is 1. The average molecular weight is 219 g/mol. The van der Waals surface area contributed by atoms with Crippen molar-refractivity contribution in [1.82, 2.24) is 4.98 Å². The second-order valence-electron chi connectivity index (χ2n) is 3.67. The maximum atomic E-state index is 10.9. The van der Waals surface area contributed by atoms with Gasteiger partial charge in [0.05, 0.1) is 0 Å². The van der Waals surface area contributed by atoms with Crippen LogP contribution in [-0.4, -0.2) is 22.2 Å². The predicted molar refractivity (Wildman–Crippen MR) is 58.6 cm³/mol. The fraction of sp³-hybridized carbons (Fsp3) is 0.333. The van der Waals surface area contributed by atoms with Crippen LogP contribution < -0.4 is 4.74 Å². The monoisotopic (exact) mass is 219 g/mol. The number of nitrogens with zero attached hydrogens (tertiary/aromatic N) is 1. The SMILES string of the molecule is O=C(O)c1ncccc1OC1C=CCCC1. The third kappa shape index (κ3) is 2.39. The van der Waals surface area contributed by atoms with E-state index < -0.39 is 5.97 Å². The fourth-order valence-corrected chi connectivity index (χ4v) is 1.69. The summed E-state index contributed by atoms with van der Waals surface area (Å²) in [6.45, 7) is 0. The molecule has 1 aromatic rings. The van der Waals surface area contributed by atoms with E-state index in [1.165, 1.54) is 6.20 Å². The summed E-state index contributed by atoms with van der Waals surface area (Å²) in [7, 11) is 0. The van der Waals surface area contributed by atoms with Gasteiger partial charge in [-0.15, -0.1) is 0 Å². The summed E-state index contributed by atoms with van der Waals surface area (Å²) in [6, 6.07) is 3.31. The Morgan fingerprint density at radius 1 is 1.56 bits per heavy atom. The van der Waals surface area contributed by atoms with Gasteiger partial charge >= 0.3 is 5.97 Å². The molecule has 0 aliphatic heterocycles. The first-order valence-electron chi connectivity index (χ1n) is 5.29. The zero-order valence-electron chi connectivity index (χ0n) is 8.80. The number of hydrogen-bond donors (Lipinski definition) is 1. The molecule has 0 saturated heterocycles. The molecule has 1 aliphatic carbocycles. The van der Waals surface area contributed by atoms with E-state index in [1.54, 1.807) is 12.1 Å². The number of carboxylic acid groups (broad SMARTS) is 1. The molecular formula is C12H13NO3. The van der Waals surface area contributed by atoms with Gasteiger partial charge in [-0.25, -0.2) is 9.78 Å². The number of hydrogen-bond acceptors (Lipinski definition) is 3. The molecule has 1 aliphatic rings. The van der Waals surface area contributed by atoms with Crippen LogP contribution in [0, 0.1) is 0 Å². The number of rotatable bonds is 3. The molecule has 1 heterocycles. The lowest BCUT2D eigenvalue weighted by Gasteiger charge is -2.18. The van der Waals surface area contributed by atoms with Gasteiger partial charge in [0.15, 0.2) is 11.4 Å². The molecule has 0 fully saturated rings. The second-order valence-corrected chi connectivity index (χ2v) is 3.67. The number of allylic oxidation sites excluding steroid dienone is 1. The number of carbonyl (C=O) groups is 1. The first-order valence-corrected chi connectivity index (χ1v) is 5.29. The van der Waals surface area contributed by atoms with Gasteiger partial charge in [-0.2, -0.15) is 0 Å². The van der Waals surface area contributed by atoms with E-state index in [1.807, 2.05) is 6.08 Å². The van der Waals surface area contributed by atoms with E-state index in [0.29, 0.717) is 5.75 Å². The van der Waals surface area contributed by atoms with Gasteiger partial charge in [0, 0.05) is 6.20 Å². The Morgan fingerprint density at radius 2 is 2.44 bits per heavy atom. The van der Waals surface area contributed by atoms with Crippen molar-refractivity contribution in [2.24, 2.45) is 0 Å². The summed E-state index contributed by atoms with van der Waals surface area (Å²) in [5.41, 5.74) is -0.0264. The van der Waals surface area contributed by atoms with Gasteiger partial charge in [0.2, 0.25) is 0 Å². The fourth-order valence-electron chi connectivity index (χ4n) is 1.69. The molecule has 16 heavy (non-hydrogen) atoms. The van der Waals surface area contributed by atoms with Crippen molar-refractivity contribution in [2.45, 2.75) is 25.4 Å². The molecule has 2 rings (SSSR count). The van der Waals surface area contributed by atoms with E-state index in [2.05, 4.69) is 11.1 Å². The Hall–Kier alpha value is -1.84. The van der Waals surface area contributed by atoms with Crippen LogP contribution in [0.5, 0.6) is 5.75 Å². The maximum absolute atomic E-state index is 10.9. The lowest BCUT2D eigenvalue weighted by atomic mass is 10.1. The molecule has 0 spiro atoms. The molecule has 0 bridgehead atoms. The Kier molecular flexibility index (Phi) is 3.19. The van der Waals surface area contributed by atoms with Crippen molar-refractivity contribution in [1.29, 1.82) is 0 Å². The van der Waals surface area contributed by atoms with Crippen LogP contribution in [0.25, 0.3) is 0 Å². The first kappa shape index (κ1) is 10.7. The highest BCUT2D eigenvalue weighted by Crippen LogP contribution is 2.21. The van der Waals surface area contributed by atoms with Crippen molar-refractivity contribution in [3.05, 3.63) is 36.2 Å². The Labute approximate surface area is 93.6 Å². The molecule has 0 radical (unpaired) electrons. The summed E-state index contributed by atoms with van der Waals surface area (Å²) in [5, 5.41) is 8.93. The minimum absolute atomic E-state index is 0.0264. The zero-order valence-corrected chi connectivity index (χ0v) is 8.80. The molecule has 1 atom stereocenters. The zero-order chi connectivity index (χ0) is 11.4. The quantitative estimate of drug-likeness (QED) is 0.792. The van der Waals surface area contributed by atoms with Gasteiger partial charge in [-0.3, -0.25) is 0 Å². The minimum Gasteiger partial charge on any atom is -0.484 e. The third-order valence-electron chi connectivity index (χ3n) is 2.46. The minimum atomic E-state index is -1.06. The van der Waals surface area contributed by atoms with Crippen LogP contribution in [-0.2, 0) is 0 Å². The first-order chi connectivity index (χ1) is 7.77. The van der Waals surface area contributed by atoms with E-state index in [9.17, 15) is 4.79 Å². The van der Waals surface area contributed by atoms with Crippen molar-refractivity contribution >= 4 is 5.97 Å². The molecule has 0 amide bonds. The van der Waals surface area contributed by atoms with Gasteiger partial charge in [-0.05, 0) is 37.5 Å². The van der Waals surface area contributed by atoms with E-state index in [0.717, 1.165) is 19.3 Å². The molecule has 4 heteroatoms. The number of ether oxygens (including phenoxy) is 1. The molecule has 84 valence electrons. The predicted octanol–water partition coefficient (Wildman–Crippen LogP) is 2.27. The molecule has 1 N–H and O–H groups in total. The molecule has 0 saturated carbocycles. The standard InChI is InChI=1S/C12H13NO3/c14-12(15)11-10(7-4-8-13-11)16-9-5-2-1-3-6-9/h2,4-5,7-9H,1,3,6H2,(H,14,15). The average Bonchev–Trinajstić information content (AvgIpc) is 2.31. The van der Waals surface area contributed by atoms with E-state index in [4.69, 9.17) is 9.84 Å². The highest BCUT2D eigenvalue weighted by Gasteiger charge is 2.16. The van der Waals surface area contributed by atoms with Crippen molar-refractivity contribution in [2.75, 3.05) is 0 Å². The van der Waals surface area contributed by atoms with Crippen LogP contribution in [0.15, 0.2) is 30.5 Å². The molecular weight excluding hydrogens is 206 g/mol. The summed E-state index contributed by atoms with van der Waals surface area (Å²) in [4.78, 5) is 14.7. The molecule has 4 nitrogen and oxygen atoms in total. The lowest BCUT2D eigenvalue weighted by molar-refractivity contribution is 0.0683. The number of carboxylic acids is 1. The van der Waals surface area contributed by atoms with Crippen molar-refractivity contribution in [3.8, 4) is 5.75 Å². The maximum Gasteiger partial charge on any atom is 0.358 e. The summed E-state index contributed by atoms with van der Waals surface area (Å²) >= 11 is 0. The van der Waals surface area contributed by atoms with Crippen molar-refractivity contribution in [3.63, 3.8) is 0 Å². The second kappa shape index (κ2) is 4.79. The highest BCUT2D eigenvalue weighted by atomic mass is 16.5.